The summed E-state index contributed by atoms with van der Waals surface area (Å²) < 4.78 is 0. The molecule has 2 N–H and O–H groups in total. The number of hydrogen-bond donors (Lipinski definition) is 2. The van der Waals surface area contributed by atoms with Crippen LogP contribution in [0.1, 0.15) is 62.7 Å². The van der Waals surface area contributed by atoms with Gasteiger partial charge >= 0.3 is 0 Å². The first-order valence-corrected chi connectivity index (χ1v) is 10.4. The van der Waals surface area contributed by atoms with E-state index in [1.165, 1.54) is 25.7 Å². The molecule has 3 rings (SSSR count). The molecule has 0 saturated heterocycles. The van der Waals surface area contributed by atoms with Crippen LogP contribution in [0.25, 0.3) is 0 Å². The van der Waals surface area contributed by atoms with Crippen molar-refractivity contribution < 1.29 is 4.79 Å². The van der Waals surface area contributed by atoms with Crippen LogP contribution in [0.15, 0.2) is 36.7 Å². The smallest absolute Gasteiger partial charge is 0.258 e. The maximum Gasteiger partial charge on any atom is 0.258 e. The first-order valence-electron chi connectivity index (χ1n) is 10.4. The lowest BCUT2D eigenvalue weighted by Gasteiger charge is -2.21. The molecule has 6 nitrogen and oxygen atoms in total. The summed E-state index contributed by atoms with van der Waals surface area (Å²) in [5, 5.41) is 6.32. The zero-order valence-electron chi connectivity index (χ0n) is 16.9. The van der Waals surface area contributed by atoms with Gasteiger partial charge in [0.25, 0.3) is 5.91 Å². The molecule has 1 aliphatic carbocycles. The molecular formula is C22H31N5O. The fourth-order valence-corrected chi connectivity index (χ4v) is 3.67. The molecule has 2 aromatic rings. The van der Waals surface area contributed by atoms with E-state index in [1.54, 1.807) is 12.4 Å². The summed E-state index contributed by atoms with van der Waals surface area (Å²) in [6, 6.07) is 8.34. The third-order valence-electron chi connectivity index (χ3n) is 5.36. The minimum Gasteiger partial charge on any atom is -0.372 e. The molecule has 1 fully saturated rings. The average Bonchev–Trinajstić information content (AvgIpc) is 2.99. The summed E-state index contributed by atoms with van der Waals surface area (Å²) in [6.07, 6.45) is 10.6. The number of nitrogens with zero attached hydrogens (tertiary/aromatic N) is 3. The van der Waals surface area contributed by atoms with E-state index in [1.807, 2.05) is 24.3 Å². The van der Waals surface area contributed by atoms with Crippen LogP contribution < -0.4 is 15.5 Å². The molecule has 1 saturated carbocycles. The largest absolute Gasteiger partial charge is 0.372 e. The zero-order chi connectivity index (χ0) is 19.8. The summed E-state index contributed by atoms with van der Waals surface area (Å²) in [7, 11) is 0. The SMILES string of the molecule is CCN(CC)c1ccc(NC(=O)c2cnc(NC3CCCCCC3)nc2)cc1. The minimum atomic E-state index is -0.198. The number of carbonyl (C=O) groups excluding carboxylic acids is 1. The molecule has 1 amide bonds. The Morgan fingerprint density at radius 2 is 1.61 bits per heavy atom. The monoisotopic (exact) mass is 381 g/mol. The predicted octanol–water partition coefficient (Wildman–Crippen LogP) is 4.71. The van der Waals surface area contributed by atoms with Crippen LogP contribution in [0.2, 0.25) is 0 Å². The summed E-state index contributed by atoms with van der Waals surface area (Å²) in [5.41, 5.74) is 2.38. The van der Waals surface area contributed by atoms with E-state index in [2.05, 4.69) is 39.3 Å². The average molecular weight is 382 g/mol. The molecule has 0 bridgehead atoms. The second kappa shape index (κ2) is 10.1. The Balaban J connectivity index is 1.57. The number of anilines is 3. The molecule has 150 valence electrons. The normalized spacial score (nSPS) is 14.9. The van der Waals surface area contributed by atoms with Crippen molar-refractivity contribution in [3.63, 3.8) is 0 Å². The van der Waals surface area contributed by atoms with E-state index in [0.717, 1.165) is 37.3 Å². The highest BCUT2D eigenvalue weighted by atomic mass is 16.1. The van der Waals surface area contributed by atoms with Crippen molar-refractivity contribution in [2.75, 3.05) is 28.6 Å². The van der Waals surface area contributed by atoms with Gasteiger partial charge in [-0.1, -0.05) is 25.7 Å². The minimum absolute atomic E-state index is 0.198. The van der Waals surface area contributed by atoms with Crippen LogP contribution in [0.5, 0.6) is 0 Å². The van der Waals surface area contributed by atoms with E-state index in [9.17, 15) is 4.79 Å². The van der Waals surface area contributed by atoms with Gasteiger partial charge in [-0.05, 0) is 51.0 Å². The van der Waals surface area contributed by atoms with Crippen molar-refractivity contribution >= 4 is 23.2 Å². The zero-order valence-corrected chi connectivity index (χ0v) is 16.9. The Hall–Kier alpha value is -2.63. The molecule has 28 heavy (non-hydrogen) atoms. The van der Waals surface area contributed by atoms with E-state index in [0.29, 0.717) is 17.6 Å². The third kappa shape index (κ3) is 5.44. The Kier molecular flexibility index (Phi) is 7.23. The molecule has 0 aliphatic heterocycles. The van der Waals surface area contributed by atoms with Crippen LogP contribution in [0.3, 0.4) is 0 Å². The predicted molar refractivity (Wildman–Crippen MR) is 115 cm³/mol. The molecule has 6 heteroatoms. The van der Waals surface area contributed by atoms with Gasteiger partial charge in [-0.2, -0.15) is 0 Å². The van der Waals surface area contributed by atoms with E-state index >= 15 is 0 Å². The number of nitrogens with one attached hydrogen (secondary N) is 2. The Labute approximate surface area is 167 Å². The maximum absolute atomic E-state index is 12.5. The molecule has 0 radical (unpaired) electrons. The number of rotatable bonds is 7. The number of aromatic nitrogens is 2. The van der Waals surface area contributed by atoms with E-state index < -0.39 is 0 Å². The van der Waals surface area contributed by atoms with Gasteiger partial charge in [0.2, 0.25) is 5.95 Å². The molecule has 0 atom stereocenters. The molecule has 0 spiro atoms. The number of amides is 1. The Morgan fingerprint density at radius 1 is 1.00 bits per heavy atom. The highest BCUT2D eigenvalue weighted by Gasteiger charge is 2.14. The summed E-state index contributed by atoms with van der Waals surface area (Å²) in [6.45, 7) is 6.18. The molecule has 1 aromatic heterocycles. The van der Waals surface area contributed by atoms with Crippen LogP contribution >= 0.6 is 0 Å². The Bertz CT molecular complexity index is 733. The van der Waals surface area contributed by atoms with E-state index in [-0.39, 0.29) is 5.91 Å². The topological polar surface area (TPSA) is 70.2 Å². The number of benzene rings is 1. The maximum atomic E-state index is 12.5. The van der Waals surface area contributed by atoms with Gasteiger partial charge < -0.3 is 15.5 Å². The van der Waals surface area contributed by atoms with Crippen molar-refractivity contribution in [2.24, 2.45) is 0 Å². The lowest BCUT2D eigenvalue weighted by molar-refractivity contribution is 0.102. The fourth-order valence-electron chi connectivity index (χ4n) is 3.67. The van der Waals surface area contributed by atoms with Crippen LogP contribution in [0.4, 0.5) is 17.3 Å². The second-order valence-corrected chi connectivity index (χ2v) is 7.30. The van der Waals surface area contributed by atoms with Crippen molar-refractivity contribution in [3.8, 4) is 0 Å². The highest BCUT2D eigenvalue weighted by Crippen LogP contribution is 2.20. The van der Waals surface area contributed by atoms with E-state index in [4.69, 9.17) is 0 Å². The number of hydrogen-bond acceptors (Lipinski definition) is 5. The fraction of sp³-hybridized carbons (Fsp3) is 0.500. The van der Waals surface area contributed by atoms with Gasteiger partial charge in [0.05, 0.1) is 5.56 Å². The summed E-state index contributed by atoms with van der Waals surface area (Å²) in [5.74, 6) is 0.406. The molecular weight excluding hydrogens is 350 g/mol. The highest BCUT2D eigenvalue weighted by molar-refractivity contribution is 6.03. The van der Waals surface area contributed by atoms with Crippen molar-refractivity contribution in [3.05, 3.63) is 42.2 Å². The van der Waals surface area contributed by atoms with Gasteiger partial charge in [0.1, 0.15) is 0 Å². The second-order valence-electron chi connectivity index (χ2n) is 7.30. The quantitative estimate of drug-likeness (QED) is 0.680. The first-order chi connectivity index (χ1) is 13.7. The molecule has 1 aromatic carbocycles. The number of carbonyl (C=O) groups is 1. The van der Waals surface area contributed by atoms with Crippen LogP contribution in [0, 0.1) is 0 Å². The van der Waals surface area contributed by atoms with Crippen LogP contribution in [-0.2, 0) is 0 Å². The Morgan fingerprint density at radius 3 is 2.18 bits per heavy atom. The lowest BCUT2D eigenvalue weighted by atomic mass is 10.1. The van der Waals surface area contributed by atoms with Crippen molar-refractivity contribution in [1.29, 1.82) is 0 Å². The van der Waals surface area contributed by atoms with Gasteiger partial charge in [0.15, 0.2) is 0 Å². The standard InChI is InChI=1S/C22H31N5O/c1-3-27(4-2)20-13-11-19(12-14-20)25-21(28)17-15-23-22(24-16-17)26-18-9-7-5-6-8-10-18/h11-16,18H,3-10H2,1-2H3,(H,25,28)(H,23,24,26). The van der Waals surface area contributed by atoms with Gasteiger partial charge in [0, 0.05) is 42.9 Å². The summed E-state index contributed by atoms with van der Waals surface area (Å²) in [4.78, 5) is 23.4. The summed E-state index contributed by atoms with van der Waals surface area (Å²) >= 11 is 0. The van der Waals surface area contributed by atoms with Crippen LogP contribution in [-0.4, -0.2) is 35.0 Å². The van der Waals surface area contributed by atoms with Crippen molar-refractivity contribution in [2.45, 2.75) is 58.4 Å². The van der Waals surface area contributed by atoms with Gasteiger partial charge in [-0.25, -0.2) is 9.97 Å². The molecule has 0 unspecified atom stereocenters. The van der Waals surface area contributed by atoms with Crippen molar-refractivity contribution in [1.82, 2.24) is 9.97 Å². The molecule has 1 aliphatic rings. The lowest BCUT2D eigenvalue weighted by Crippen LogP contribution is -2.21. The molecule has 1 heterocycles. The van der Waals surface area contributed by atoms with Gasteiger partial charge in [-0.15, -0.1) is 0 Å². The first kappa shape index (κ1) is 20.1. The van der Waals surface area contributed by atoms with Gasteiger partial charge in [-0.3, -0.25) is 4.79 Å². The third-order valence-corrected chi connectivity index (χ3v) is 5.36.